The molecule has 2 heterocycles. The normalized spacial score (nSPS) is 10.7. The molecule has 102 valence electrons. The third-order valence-electron chi connectivity index (χ3n) is 2.13. The zero-order valence-electron chi connectivity index (χ0n) is 9.64. The van der Waals surface area contributed by atoms with E-state index < -0.39 is 11.7 Å². The van der Waals surface area contributed by atoms with Crippen LogP contribution in [0.2, 0.25) is 0 Å². The highest BCUT2D eigenvalue weighted by molar-refractivity contribution is 5.85. The predicted molar refractivity (Wildman–Crippen MR) is 64.9 cm³/mol. The average Bonchev–Trinajstić information content (AvgIpc) is 2.38. The van der Waals surface area contributed by atoms with E-state index in [0.717, 1.165) is 12.4 Å². The van der Waals surface area contributed by atoms with Gasteiger partial charge in [-0.05, 0) is 0 Å². The van der Waals surface area contributed by atoms with Crippen LogP contribution >= 0.6 is 12.4 Å². The van der Waals surface area contributed by atoms with E-state index >= 15 is 0 Å². The van der Waals surface area contributed by atoms with Crippen LogP contribution in [0.3, 0.4) is 0 Å². The fourth-order valence-electron chi connectivity index (χ4n) is 1.22. The van der Waals surface area contributed by atoms with Gasteiger partial charge in [-0.15, -0.1) is 12.4 Å². The minimum Gasteiger partial charge on any atom is -0.373 e. The molecule has 1 N–H and O–H groups in total. The lowest BCUT2D eigenvalue weighted by molar-refractivity contribution is -0.138. The zero-order chi connectivity index (χ0) is 13.2. The summed E-state index contributed by atoms with van der Waals surface area (Å²) < 4.78 is 37.0. The van der Waals surface area contributed by atoms with Crippen molar-refractivity contribution in [1.29, 1.82) is 0 Å². The van der Waals surface area contributed by atoms with Gasteiger partial charge >= 0.3 is 6.18 Å². The molecular formula is C10H9ClF3N5. The molecule has 9 heteroatoms. The number of aromatic nitrogens is 4. The van der Waals surface area contributed by atoms with Crippen molar-refractivity contribution >= 4 is 18.2 Å². The van der Waals surface area contributed by atoms with E-state index in [1.807, 2.05) is 0 Å². The highest BCUT2D eigenvalue weighted by Crippen LogP contribution is 2.28. The summed E-state index contributed by atoms with van der Waals surface area (Å²) in [6, 6.07) is 1.54. The average molecular weight is 292 g/mol. The van der Waals surface area contributed by atoms with Gasteiger partial charge in [0.1, 0.15) is 17.8 Å². The number of hydrogen-bond donors (Lipinski definition) is 1. The SMILES string of the molecule is CNc1cc(-c2ncc(C(F)(F)F)cn2)ncn1.Cl. The van der Waals surface area contributed by atoms with E-state index in [2.05, 4.69) is 25.3 Å². The molecule has 0 aliphatic carbocycles. The van der Waals surface area contributed by atoms with Crippen molar-refractivity contribution in [2.24, 2.45) is 0 Å². The van der Waals surface area contributed by atoms with Crippen LogP contribution in [0.5, 0.6) is 0 Å². The molecule has 0 fully saturated rings. The first-order valence-electron chi connectivity index (χ1n) is 4.90. The summed E-state index contributed by atoms with van der Waals surface area (Å²) in [6.45, 7) is 0. The van der Waals surface area contributed by atoms with Crippen LogP contribution in [-0.2, 0) is 6.18 Å². The minimum atomic E-state index is -4.44. The molecule has 19 heavy (non-hydrogen) atoms. The molecule has 0 amide bonds. The van der Waals surface area contributed by atoms with Crippen LogP contribution in [0.25, 0.3) is 11.5 Å². The van der Waals surface area contributed by atoms with Gasteiger partial charge in [0.25, 0.3) is 0 Å². The van der Waals surface area contributed by atoms with Crippen molar-refractivity contribution in [1.82, 2.24) is 19.9 Å². The van der Waals surface area contributed by atoms with Crippen molar-refractivity contribution in [2.45, 2.75) is 6.18 Å². The van der Waals surface area contributed by atoms with Crippen LogP contribution in [0, 0.1) is 0 Å². The first kappa shape index (κ1) is 15.1. The van der Waals surface area contributed by atoms with Gasteiger partial charge in [0.15, 0.2) is 5.82 Å². The topological polar surface area (TPSA) is 63.6 Å². The van der Waals surface area contributed by atoms with E-state index in [4.69, 9.17) is 0 Å². The van der Waals surface area contributed by atoms with E-state index in [9.17, 15) is 13.2 Å². The molecule has 0 aliphatic rings. The number of nitrogens with zero attached hydrogens (tertiary/aromatic N) is 4. The number of anilines is 1. The van der Waals surface area contributed by atoms with Crippen molar-refractivity contribution in [2.75, 3.05) is 12.4 Å². The monoisotopic (exact) mass is 291 g/mol. The Morgan fingerprint density at radius 3 is 2.21 bits per heavy atom. The Hall–Kier alpha value is -1.96. The van der Waals surface area contributed by atoms with Crippen LogP contribution < -0.4 is 5.32 Å². The highest BCUT2D eigenvalue weighted by atomic mass is 35.5. The number of rotatable bonds is 2. The van der Waals surface area contributed by atoms with Crippen LogP contribution in [0.15, 0.2) is 24.8 Å². The second-order valence-electron chi connectivity index (χ2n) is 3.33. The second kappa shape index (κ2) is 5.79. The summed E-state index contributed by atoms with van der Waals surface area (Å²) >= 11 is 0. The molecule has 2 aromatic heterocycles. The molecule has 0 aromatic carbocycles. The molecule has 0 aliphatic heterocycles. The maximum atomic E-state index is 12.3. The van der Waals surface area contributed by atoms with Crippen LogP contribution in [0.4, 0.5) is 19.0 Å². The Morgan fingerprint density at radius 2 is 1.68 bits per heavy atom. The third kappa shape index (κ3) is 3.50. The molecule has 5 nitrogen and oxygen atoms in total. The summed E-state index contributed by atoms with van der Waals surface area (Å²) in [5.74, 6) is 0.644. The summed E-state index contributed by atoms with van der Waals surface area (Å²) in [7, 11) is 1.67. The lowest BCUT2D eigenvalue weighted by Gasteiger charge is -2.06. The van der Waals surface area contributed by atoms with E-state index in [1.165, 1.54) is 6.33 Å². The fourth-order valence-corrected chi connectivity index (χ4v) is 1.22. The lowest BCUT2D eigenvalue weighted by atomic mass is 10.3. The first-order valence-corrected chi connectivity index (χ1v) is 4.90. The molecule has 0 bridgehead atoms. The Bertz CT molecular complexity index is 544. The Kier molecular flexibility index (Phi) is 4.60. The van der Waals surface area contributed by atoms with Crippen molar-refractivity contribution in [3.63, 3.8) is 0 Å². The summed E-state index contributed by atoms with van der Waals surface area (Å²) in [5, 5.41) is 2.79. The number of nitrogens with one attached hydrogen (secondary N) is 1. The number of hydrogen-bond acceptors (Lipinski definition) is 5. The number of halogens is 4. The quantitative estimate of drug-likeness (QED) is 0.920. The van der Waals surface area contributed by atoms with E-state index in [-0.39, 0.29) is 18.2 Å². The minimum absolute atomic E-state index is 0. The molecule has 0 spiro atoms. The van der Waals surface area contributed by atoms with Crippen molar-refractivity contribution in [3.05, 3.63) is 30.4 Å². The summed E-state index contributed by atoms with van der Waals surface area (Å²) in [5.41, 5.74) is -0.544. The Morgan fingerprint density at radius 1 is 1.05 bits per heavy atom. The molecule has 2 rings (SSSR count). The van der Waals surface area contributed by atoms with Crippen LogP contribution in [-0.4, -0.2) is 27.0 Å². The zero-order valence-corrected chi connectivity index (χ0v) is 10.5. The second-order valence-corrected chi connectivity index (χ2v) is 3.33. The van der Waals surface area contributed by atoms with E-state index in [1.54, 1.807) is 13.1 Å². The molecule has 0 saturated heterocycles. The van der Waals surface area contributed by atoms with Gasteiger partial charge in [-0.2, -0.15) is 13.2 Å². The van der Waals surface area contributed by atoms with Gasteiger partial charge in [0.2, 0.25) is 0 Å². The Labute approximate surface area is 112 Å². The predicted octanol–water partition coefficient (Wildman–Crippen LogP) is 2.42. The van der Waals surface area contributed by atoms with Gasteiger partial charge in [-0.1, -0.05) is 0 Å². The third-order valence-corrected chi connectivity index (χ3v) is 2.13. The first-order chi connectivity index (χ1) is 8.50. The van der Waals surface area contributed by atoms with Gasteiger partial charge in [-0.25, -0.2) is 19.9 Å². The van der Waals surface area contributed by atoms with Gasteiger partial charge < -0.3 is 5.32 Å². The summed E-state index contributed by atoms with van der Waals surface area (Å²) in [6.07, 6.45) is -1.71. The fraction of sp³-hybridized carbons (Fsp3) is 0.200. The van der Waals surface area contributed by atoms with Gasteiger partial charge in [0.05, 0.1) is 5.56 Å². The molecular weight excluding hydrogens is 283 g/mol. The molecule has 2 aromatic rings. The lowest BCUT2D eigenvalue weighted by Crippen LogP contribution is -2.07. The number of alkyl halides is 3. The van der Waals surface area contributed by atoms with Crippen molar-refractivity contribution < 1.29 is 13.2 Å². The maximum Gasteiger partial charge on any atom is 0.419 e. The maximum absolute atomic E-state index is 12.3. The standard InChI is InChI=1S/C10H8F3N5.ClH/c1-14-8-2-7(17-5-18-8)9-15-3-6(4-16-9)10(11,12)13;/h2-5H,1H3,(H,14,17,18);1H. The molecule has 0 atom stereocenters. The molecule has 0 saturated carbocycles. The smallest absolute Gasteiger partial charge is 0.373 e. The van der Waals surface area contributed by atoms with Crippen molar-refractivity contribution in [3.8, 4) is 11.5 Å². The Balaban J connectivity index is 0.00000180. The highest BCUT2D eigenvalue weighted by Gasteiger charge is 2.31. The largest absolute Gasteiger partial charge is 0.419 e. The molecule has 0 radical (unpaired) electrons. The van der Waals surface area contributed by atoms with Gasteiger partial charge in [0, 0.05) is 25.5 Å². The molecule has 0 unspecified atom stereocenters. The van der Waals surface area contributed by atoms with Gasteiger partial charge in [-0.3, -0.25) is 0 Å². The van der Waals surface area contributed by atoms with Crippen LogP contribution in [0.1, 0.15) is 5.56 Å². The summed E-state index contributed by atoms with van der Waals surface area (Å²) in [4.78, 5) is 15.1. The van der Waals surface area contributed by atoms with E-state index in [0.29, 0.717) is 11.5 Å².